The van der Waals surface area contributed by atoms with Gasteiger partial charge in [-0.1, -0.05) is 0 Å². The van der Waals surface area contributed by atoms with Crippen LogP contribution in [0.1, 0.15) is 10.4 Å². The van der Waals surface area contributed by atoms with E-state index in [-0.39, 0.29) is 11.4 Å². The van der Waals surface area contributed by atoms with Gasteiger partial charge in [0, 0.05) is 10.9 Å². The van der Waals surface area contributed by atoms with Crippen LogP contribution in [0, 0.1) is 11.6 Å². The van der Waals surface area contributed by atoms with Gasteiger partial charge in [0.15, 0.2) is 6.29 Å². The Morgan fingerprint density at radius 1 is 1.00 bits per heavy atom. The molecule has 3 rings (SSSR count). The fourth-order valence-electron chi connectivity index (χ4n) is 1.94. The highest BCUT2D eigenvalue weighted by molar-refractivity contribution is 5.84. The molecule has 19 heavy (non-hydrogen) atoms. The van der Waals surface area contributed by atoms with Crippen molar-refractivity contribution >= 4 is 17.3 Å². The van der Waals surface area contributed by atoms with Crippen LogP contribution < -0.4 is 0 Å². The molecule has 0 saturated carbocycles. The van der Waals surface area contributed by atoms with Crippen LogP contribution in [0.5, 0.6) is 0 Å². The zero-order valence-corrected chi connectivity index (χ0v) is 9.69. The maximum atomic E-state index is 13.2. The third kappa shape index (κ3) is 2.01. The summed E-state index contributed by atoms with van der Waals surface area (Å²) in [5.74, 6) is -0.475. The minimum atomic E-state index is -0.582. The van der Waals surface area contributed by atoms with E-state index >= 15 is 0 Å². The second-order valence-corrected chi connectivity index (χ2v) is 4.15. The van der Waals surface area contributed by atoms with Gasteiger partial charge < -0.3 is 4.42 Å². The molecule has 0 bridgehead atoms. The zero-order valence-electron chi connectivity index (χ0n) is 9.69. The smallest absolute Gasteiger partial charge is 0.153 e. The molecule has 0 aliphatic heterocycles. The van der Waals surface area contributed by atoms with E-state index in [1.807, 2.05) is 0 Å². The third-order valence-electron chi connectivity index (χ3n) is 2.89. The van der Waals surface area contributed by atoms with Crippen molar-refractivity contribution in [1.29, 1.82) is 0 Å². The Morgan fingerprint density at radius 2 is 1.84 bits per heavy atom. The summed E-state index contributed by atoms with van der Waals surface area (Å²) in [5, 5.41) is 0.618. The molecule has 1 aromatic heterocycles. The molecule has 0 unspecified atom stereocenters. The molecule has 0 fully saturated rings. The van der Waals surface area contributed by atoms with E-state index < -0.39 is 5.82 Å². The van der Waals surface area contributed by atoms with E-state index in [2.05, 4.69) is 0 Å². The summed E-state index contributed by atoms with van der Waals surface area (Å²) < 4.78 is 31.9. The maximum Gasteiger partial charge on any atom is 0.153 e. The van der Waals surface area contributed by atoms with E-state index in [0.29, 0.717) is 28.6 Å². The van der Waals surface area contributed by atoms with E-state index in [1.54, 1.807) is 6.07 Å². The summed E-state index contributed by atoms with van der Waals surface area (Å²) in [4.78, 5) is 10.7. The molecule has 1 heterocycles. The zero-order chi connectivity index (χ0) is 13.4. The van der Waals surface area contributed by atoms with Crippen molar-refractivity contribution in [3.05, 3.63) is 59.7 Å². The van der Waals surface area contributed by atoms with Gasteiger partial charge in [-0.05, 0) is 42.5 Å². The van der Waals surface area contributed by atoms with Crippen LogP contribution in [0.25, 0.3) is 22.3 Å². The van der Waals surface area contributed by atoms with Crippen molar-refractivity contribution in [2.24, 2.45) is 0 Å². The van der Waals surface area contributed by atoms with Crippen molar-refractivity contribution in [3.8, 4) is 11.3 Å². The van der Waals surface area contributed by atoms with Crippen LogP contribution in [0.15, 0.2) is 46.9 Å². The van der Waals surface area contributed by atoms with Crippen molar-refractivity contribution in [2.45, 2.75) is 0 Å². The number of rotatable bonds is 2. The second-order valence-electron chi connectivity index (χ2n) is 4.15. The molecule has 2 nitrogen and oxygen atoms in total. The molecule has 0 aliphatic carbocycles. The van der Waals surface area contributed by atoms with Crippen LogP contribution in [-0.4, -0.2) is 6.29 Å². The summed E-state index contributed by atoms with van der Waals surface area (Å²) in [6, 6.07) is 9.95. The van der Waals surface area contributed by atoms with Gasteiger partial charge in [-0.25, -0.2) is 8.78 Å². The number of hydrogen-bond acceptors (Lipinski definition) is 2. The summed E-state index contributed by atoms with van der Waals surface area (Å²) in [6.07, 6.45) is 0.446. The lowest BCUT2D eigenvalue weighted by Crippen LogP contribution is -1.87. The lowest BCUT2D eigenvalue weighted by molar-refractivity contribution is 0.112. The average Bonchev–Trinajstić information content (AvgIpc) is 2.82. The Bertz CT molecular complexity index is 775. The number of fused-ring (bicyclic) bond motifs is 1. The predicted octanol–water partition coefficient (Wildman–Crippen LogP) is 4.19. The van der Waals surface area contributed by atoms with Gasteiger partial charge in [0.05, 0.1) is 5.56 Å². The number of benzene rings is 2. The fourth-order valence-corrected chi connectivity index (χ4v) is 1.94. The molecule has 2 aromatic carbocycles. The first kappa shape index (κ1) is 11.6. The van der Waals surface area contributed by atoms with Gasteiger partial charge in [0.2, 0.25) is 0 Å². The SMILES string of the molecule is O=Cc1cc(-c2cc3cc(F)ccc3o2)ccc1F. The monoisotopic (exact) mass is 258 g/mol. The summed E-state index contributed by atoms with van der Waals surface area (Å²) in [5.41, 5.74) is 1.07. The van der Waals surface area contributed by atoms with E-state index in [4.69, 9.17) is 4.42 Å². The van der Waals surface area contributed by atoms with Crippen molar-refractivity contribution in [2.75, 3.05) is 0 Å². The number of hydrogen-bond donors (Lipinski definition) is 0. The Balaban J connectivity index is 2.16. The highest BCUT2D eigenvalue weighted by Gasteiger charge is 2.09. The maximum absolute atomic E-state index is 13.2. The molecule has 0 aliphatic rings. The quantitative estimate of drug-likeness (QED) is 0.645. The predicted molar refractivity (Wildman–Crippen MR) is 67.0 cm³/mol. The summed E-state index contributed by atoms with van der Waals surface area (Å²) in [6.45, 7) is 0. The lowest BCUT2D eigenvalue weighted by Gasteiger charge is -1.98. The molecule has 0 saturated heterocycles. The fraction of sp³-hybridized carbons (Fsp3) is 0. The third-order valence-corrected chi connectivity index (χ3v) is 2.89. The van der Waals surface area contributed by atoms with E-state index in [0.717, 1.165) is 0 Å². The molecule has 0 atom stereocenters. The molecule has 0 spiro atoms. The minimum Gasteiger partial charge on any atom is -0.456 e. The average molecular weight is 258 g/mol. The van der Waals surface area contributed by atoms with Gasteiger partial charge in [-0.15, -0.1) is 0 Å². The highest BCUT2D eigenvalue weighted by Crippen LogP contribution is 2.29. The summed E-state index contributed by atoms with van der Waals surface area (Å²) in [7, 11) is 0. The van der Waals surface area contributed by atoms with Gasteiger partial charge >= 0.3 is 0 Å². The van der Waals surface area contributed by atoms with Crippen LogP contribution in [-0.2, 0) is 0 Å². The lowest BCUT2D eigenvalue weighted by atomic mass is 10.1. The Morgan fingerprint density at radius 3 is 2.63 bits per heavy atom. The molecule has 3 aromatic rings. The number of carbonyl (C=O) groups excluding carboxylic acids is 1. The van der Waals surface area contributed by atoms with Crippen molar-refractivity contribution in [3.63, 3.8) is 0 Å². The first-order valence-electron chi connectivity index (χ1n) is 5.61. The normalized spacial score (nSPS) is 10.8. The first-order chi connectivity index (χ1) is 9.17. The molecule has 0 amide bonds. The van der Waals surface area contributed by atoms with Gasteiger partial charge in [0.25, 0.3) is 0 Å². The molecule has 4 heteroatoms. The highest BCUT2D eigenvalue weighted by atomic mass is 19.1. The number of aldehydes is 1. The van der Waals surface area contributed by atoms with Crippen LogP contribution in [0.2, 0.25) is 0 Å². The molecule has 94 valence electrons. The van der Waals surface area contributed by atoms with Gasteiger partial charge in [0.1, 0.15) is 23.0 Å². The Labute approximate surface area is 107 Å². The standard InChI is InChI=1S/C15H8F2O2/c16-12-2-4-14-10(6-12)7-15(19-14)9-1-3-13(17)11(5-9)8-18/h1-8H. The second kappa shape index (κ2) is 4.31. The van der Waals surface area contributed by atoms with Crippen molar-refractivity contribution in [1.82, 2.24) is 0 Å². The van der Waals surface area contributed by atoms with Crippen LogP contribution >= 0.6 is 0 Å². The van der Waals surface area contributed by atoms with Crippen LogP contribution in [0.3, 0.4) is 0 Å². The Hall–Kier alpha value is -2.49. The summed E-state index contributed by atoms with van der Waals surface area (Å²) >= 11 is 0. The molecule has 0 N–H and O–H groups in total. The number of furan rings is 1. The van der Waals surface area contributed by atoms with Gasteiger partial charge in [-0.2, -0.15) is 0 Å². The topological polar surface area (TPSA) is 30.2 Å². The van der Waals surface area contributed by atoms with Crippen molar-refractivity contribution < 1.29 is 18.0 Å². The van der Waals surface area contributed by atoms with Crippen LogP contribution in [0.4, 0.5) is 8.78 Å². The number of halogens is 2. The molecular formula is C15H8F2O2. The minimum absolute atomic E-state index is 0.0378. The Kier molecular flexibility index (Phi) is 2.63. The molecule has 0 radical (unpaired) electrons. The van der Waals surface area contributed by atoms with E-state index in [1.165, 1.54) is 36.4 Å². The largest absolute Gasteiger partial charge is 0.456 e. The number of carbonyl (C=O) groups is 1. The van der Waals surface area contributed by atoms with Gasteiger partial charge in [-0.3, -0.25) is 4.79 Å². The molecular weight excluding hydrogens is 250 g/mol. The first-order valence-corrected chi connectivity index (χ1v) is 5.61. The van der Waals surface area contributed by atoms with E-state index in [9.17, 15) is 13.6 Å².